The molecule has 0 radical (unpaired) electrons. The number of hydrogen-bond donors (Lipinski definition) is 1. The van der Waals surface area contributed by atoms with E-state index in [1.54, 1.807) is 0 Å². The van der Waals surface area contributed by atoms with E-state index in [-0.39, 0.29) is 12.2 Å². The highest BCUT2D eigenvalue weighted by atomic mass is 19.1. The summed E-state index contributed by atoms with van der Waals surface area (Å²) in [7, 11) is 0. The van der Waals surface area contributed by atoms with E-state index < -0.39 is 0 Å². The lowest BCUT2D eigenvalue weighted by atomic mass is 10.1. The molecule has 1 N–H and O–H groups in total. The van der Waals surface area contributed by atoms with Crippen LogP contribution in [0.25, 0.3) is 0 Å². The van der Waals surface area contributed by atoms with Crippen molar-refractivity contribution in [2.45, 2.75) is 46.2 Å². The third-order valence-electron chi connectivity index (χ3n) is 2.63. The van der Waals surface area contributed by atoms with Gasteiger partial charge in [-0.15, -0.1) is 0 Å². The molecular formula is C15H24FNO. The molecule has 2 nitrogen and oxygen atoms in total. The van der Waals surface area contributed by atoms with Gasteiger partial charge >= 0.3 is 0 Å². The monoisotopic (exact) mass is 253 g/mol. The van der Waals surface area contributed by atoms with Crippen LogP contribution in [0.2, 0.25) is 0 Å². The van der Waals surface area contributed by atoms with Crippen LogP contribution < -0.4 is 10.1 Å². The van der Waals surface area contributed by atoms with Gasteiger partial charge in [-0.05, 0) is 33.3 Å². The molecule has 0 aromatic heterocycles. The molecule has 0 fully saturated rings. The minimum atomic E-state index is -0.332. The highest BCUT2D eigenvalue weighted by molar-refractivity contribution is 5.40. The van der Waals surface area contributed by atoms with Crippen LogP contribution in [0.4, 0.5) is 4.39 Å². The fourth-order valence-corrected chi connectivity index (χ4v) is 1.65. The van der Waals surface area contributed by atoms with Gasteiger partial charge in [-0.3, -0.25) is 4.39 Å². The molecule has 1 aromatic carbocycles. The van der Waals surface area contributed by atoms with E-state index in [9.17, 15) is 4.39 Å². The summed E-state index contributed by atoms with van der Waals surface area (Å²) in [4.78, 5) is 0. The Labute approximate surface area is 110 Å². The average Bonchev–Trinajstić information content (AvgIpc) is 2.28. The minimum absolute atomic E-state index is 0.0694. The second-order valence-electron chi connectivity index (χ2n) is 5.56. The van der Waals surface area contributed by atoms with Crippen LogP contribution >= 0.6 is 0 Å². The molecule has 0 saturated heterocycles. The van der Waals surface area contributed by atoms with Crippen LogP contribution in [-0.4, -0.2) is 18.8 Å². The van der Waals surface area contributed by atoms with Crippen molar-refractivity contribution in [3.63, 3.8) is 0 Å². The van der Waals surface area contributed by atoms with Crippen LogP contribution in [0.5, 0.6) is 5.75 Å². The first-order valence-corrected chi connectivity index (χ1v) is 6.46. The number of benzene rings is 1. The zero-order valence-electron chi connectivity index (χ0n) is 11.8. The van der Waals surface area contributed by atoms with Gasteiger partial charge in [0.1, 0.15) is 5.75 Å². The maximum Gasteiger partial charge on any atom is 0.126 e. The average molecular weight is 253 g/mol. The van der Waals surface area contributed by atoms with E-state index in [1.807, 2.05) is 19.1 Å². The van der Waals surface area contributed by atoms with Crippen molar-refractivity contribution in [2.24, 2.45) is 0 Å². The molecule has 18 heavy (non-hydrogen) atoms. The molecule has 102 valence electrons. The molecule has 0 amide bonds. The van der Waals surface area contributed by atoms with Crippen LogP contribution in [0.3, 0.4) is 0 Å². The number of rotatable bonds is 6. The Bertz CT molecular complexity index is 371. The number of hydrogen-bond acceptors (Lipinski definition) is 2. The van der Waals surface area contributed by atoms with Gasteiger partial charge in [0.2, 0.25) is 0 Å². The molecular weight excluding hydrogens is 229 g/mol. The predicted molar refractivity (Wildman–Crippen MR) is 73.9 cm³/mol. The van der Waals surface area contributed by atoms with Crippen molar-refractivity contribution >= 4 is 0 Å². The summed E-state index contributed by atoms with van der Waals surface area (Å²) in [6, 6.07) is 6.10. The van der Waals surface area contributed by atoms with E-state index >= 15 is 0 Å². The Hall–Kier alpha value is -1.09. The molecule has 0 saturated carbocycles. The molecule has 0 heterocycles. The van der Waals surface area contributed by atoms with Gasteiger partial charge in [-0.2, -0.15) is 0 Å². The molecule has 0 unspecified atom stereocenters. The zero-order valence-corrected chi connectivity index (χ0v) is 11.8. The summed E-state index contributed by atoms with van der Waals surface area (Å²) < 4.78 is 17.8. The van der Waals surface area contributed by atoms with Crippen LogP contribution in [0.15, 0.2) is 18.2 Å². The van der Waals surface area contributed by atoms with Gasteiger partial charge in [0.15, 0.2) is 0 Å². The fraction of sp³-hybridized carbons (Fsp3) is 0.600. The minimum Gasteiger partial charge on any atom is -0.493 e. The molecule has 0 bridgehead atoms. The van der Waals surface area contributed by atoms with Crippen LogP contribution in [0.1, 0.15) is 38.3 Å². The third kappa shape index (κ3) is 5.05. The van der Waals surface area contributed by atoms with Crippen molar-refractivity contribution in [3.8, 4) is 5.75 Å². The smallest absolute Gasteiger partial charge is 0.126 e. The topological polar surface area (TPSA) is 21.3 Å². The normalized spacial score (nSPS) is 11.6. The predicted octanol–water partition coefficient (Wildman–Crippen LogP) is 3.62. The van der Waals surface area contributed by atoms with Crippen LogP contribution in [0, 0.1) is 6.92 Å². The molecule has 1 aromatic rings. The summed E-state index contributed by atoms with van der Waals surface area (Å²) in [6.45, 7) is 9.28. The van der Waals surface area contributed by atoms with Crippen molar-refractivity contribution < 1.29 is 9.13 Å². The van der Waals surface area contributed by atoms with Crippen molar-refractivity contribution in [2.75, 3.05) is 13.3 Å². The summed E-state index contributed by atoms with van der Waals surface area (Å²) >= 11 is 0. The molecule has 0 atom stereocenters. The Morgan fingerprint density at radius 3 is 2.61 bits per heavy atom. The molecule has 0 aliphatic carbocycles. The lowest BCUT2D eigenvalue weighted by Crippen LogP contribution is -2.35. The first-order valence-electron chi connectivity index (χ1n) is 6.46. The number of ether oxygens (including phenoxy) is 1. The Morgan fingerprint density at radius 1 is 1.28 bits per heavy atom. The largest absolute Gasteiger partial charge is 0.493 e. The van der Waals surface area contributed by atoms with E-state index in [0.717, 1.165) is 23.4 Å². The van der Waals surface area contributed by atoms with E-state index in [0.29, 0.717) is 13.0 Å². The summed E-state index contributed by atoms with van der Waals surface area (Å²) in [5.74, 6) is 0.891. The lowest BCUT2D eigenvalue weighted by molar-refractivity contribution is 0.283. The van der Waals surface area contributed by atoms with Gasteiger partial charge < -0.3 is 10.1 Å². The quantitative estimate of drug-likeness (QED) is 0.782. The lowest BCUT2D eigenvalue weighted by Gasteiger charge is -2.22. The van der Waals surface area contributed by atoms with Gasteiger partial charge in [0.05, 0.1) is 13.3 Å². The summed E-state index contributed by atoms with van der Waals surface area (Å²) in [6.07, 6.45) is 0.445. The third-order valence-corrected chi connectivity index (χ3v) is 2.63. The molecule has 0 aliphatic rings. The molecule has 0 aliphatic heterocycles. The zero-order chi connectivity index (χ0) is 13.6. The van der Waals surface area contributed by atoms with Crippen molar-refractivity contribution in [1.29, 1.82) is 0 Å². The molecule has 3 heteroatoms. The number of halogens is 1. The second-order valence-corrected chi connectivity index (χ2v) is 5.56. The Kier molecular flexibility index (Phi) is 5.60. The summed E-state index contributed by atoms with van der Waals surface area (Å²) in [5, 5.41) is 3.44. The number of para-hydroxylation sites is 1. The van der Waals surface area contributed by atoms with Gasteiger partial charge in [-0.25, -0.2) is 0 Å². The van der Waals surface area contributed by atoms with Gasteiger partial charge in [0, 0.05) is 24.1 Å². The summed E-state index contributed by atoms with van der Waals surface area (Å²) in [5.41, 5.74) is 2.30. The maximum absolute atomic E-state index is 12.1. The maximum atomic E-state index is 12.1. The van der Waals surface area contributed by atoms with E-state index in [1.165, 1.54) is 0 Å². The van der Waals surface area contributed by atoms with E-state index in [4.69, 9.17) is 4.74 Å². The number of nitrogens with one attached hydrogen (secondary N) is 1. The molecule has 1 rings (SSSR count). The highest BCUT2D eigenvalue weighted by Crippen LogP contribution is 2.24. The van der Waals surface area contributed by atoms with Crippen molar-refractivity contribution in [3.05, 3.63) is 29.3 Å². The molecule has 0 spiro atoms. The fourth-order valence-electron chi connectivity index (χ4n) is 1.65. The standard InChI is InChI=1S/C15H24FNO/c1-12-7-5-8-13(11-17-15(2,3)4)14(12)18-10-6-9-16/h5,7-8,17H,6,9-11H2,1-4H3. The Balaban J connectivity index is 2.73. The van der Waals surface area contributed by atoms with Gasteiger partial charge in [0.25, 0.3) is 0 Å². The van der Waals surface area contributed by atoms with E-state index in [2.05, 4.69) is 32.2 Å². The SMILES string of the molecule is Cc1cccc(CNC(C)(C)C)c1OCCCF. The van der Waals surface area contributed by atoms with Crippen LogP contribution in [-0.2, 0) is 6.54 Å². The first-order chi connectivity index (χ1) is 8.44. The number of alkyl halides is 1. The highest BCUT2D eigenvalue weighted by Gasteiger charge is 2.12. The Morgan fingerprint density at radius 2 is 2.00 bits per heavy atom. The first kappa shape index (κ1) is 15.0. The second kappa shape index (κ2) is 6.74. The number of aryl methyl sites for hydroxylation is 1. The van der Waals surface area contributed by atoms with Gasteiger partial charge in [-0.1, -0.05) is 18.2 Å². The van der Waals surface area contributed by atoms with Crippen molar-refractivity contribution in [1.82, 2.24) is 5.32 Å².